The number of aryl methyl sites for hydroxylation is 1. The molecule has 0 saturated heterocycles. The lowest BCUT2D eigenvalue weighted by molar-refractivity contribution is -0.385. The highest BCUT2D eigenvalue weighted by atomic mass is 35.5. The lowest BCUT2D eigenvalue weighted by atomic mass is 10.1. The molecule has 7 nitrogen and oxygen atoms in total. The monoisotopic (exact) mass is 376 g/mol. The number of nitrogens with one attached hydrogen (secondary N) is 1. The van der Waals surface area contributed by atoms with Gasteiger partial charge in [0, 0.05) is 10.6 Å². The van der Waals surface area contributed by atoms with E-state index in [9.17, 15) is 19.7 Å². The van der Waals surface area contributed by atoms with Crippen molar-refractivity contribution in [3.05, 3.63) is 74.3 Å². The van der Waals surface area contributed by atoms with Crippen molar-refractivity contribution < 1.29 is 19.2 Å². The maximum atomic E-state index is 12.1. The highest BCUT2D eigenvalue weighted by Gasteiger charge is 2.24. The Balaban J connectivity index is 2.00. The fourth-order valence-corrected chi connectivity index (χ4v) is 2.76. The number of nitrogens with zero attached hydrogens (tertiary/aromatic N) is 1. The molecule has 0 heterocycles. The zero-order valence-electron chi connectivity index (χ0n) is 14.2. The summed E-state index contributed by atoms with van der Waals surface area (Å²) in [6.07, 6.45) is 0. The minimum atomic E-state index is -0.930. The molecule has 0 aliphatic carbocycles. The van der Waals surface area contributed by atoms with E-state index >= 15 is 0 Å². The van der Waals surface area contributed by atoms with Crippen LogP contribution >= 0.6 is 11.6 Å². The minimum Gasteiger partial charge on any atom is -0.452 e. The fraction of sp³-hybridized carbons (Fsp3) is 0.222. The zero-order chi connectivity index (χ0) is 19.3. The molecule has 1 amide bonds. The molecule has 2 aromatic rings. The number of para-hydroxylation sites is 1. The Labute approximate surface area is 155 Å². The summed E-state index contributed by atoms with van der Waals surface area (Å²) in [4.78, 5) is 34.6. The first-order chi connectivity index (χ1) is 12.3. The zero-order valence-corrected chi connectivity index (χ0v) is 14.9. The van der Waals surface area contributed by atoms with Gasteiger partial charge in [-0.2, -0.15) is 0 Å². The van der Waals surface area contributed by atoms with Gasteiger partial charge in [0.15, 0.2) is 6.61 Å². The smallest absolute Gasteiger partial charge is 0.345 e. The van der Waals surface area contributed by atoms with Gasteiger partial charge in [0.05, 0.1) is 11.0 Å². The van der Waals surface area contributed by atoms with Crippen molar-refractivity contribution in [2.45, 2.75) is 19.9 Å². The van der Waals surface area contributed by atoms with Gasteiger partial charge in [0.1, 0.15) is 5.56 Å². The number of nitro groups is 1. The highest BCUT2D eigenvalue weighted by Crippen LogP contribution is 2.24. The van der Waals surface area contributed by atoms with Crippen LogP contribution in [-0.4, -0.2) is 23.4 Å². The van der Waals surface area contributed by atoms with E-state index in [-0.39, 0.29) is 17.3 Å². The summed E-state index contributed by atoms with van der Waals surface area (Å²) in [5.74, 6) is -1.47. The van der Waals surface area contributed by atoms with E-state index in [1.807, 2.05) is 0 Å². The second kappa shape index (κ2) is 8.44. The summed E-state index contributed by atoms with van der Waals surface area (Å²) >= 11 is 6.07. The molecule has 0 fully saturated rings. The molecule has 0 bridgehead atoms. The van der Waals surface area contributed by atoms with Gasteiger partial charge in [-0.15, -0.1) is 0 Å². The first kappa shape index (κ1) is 19.4. The second-order valence-corrected chi connectivity index (χ2v) is 6.02. The molecule has 0 spiro atoms. The van der Waals surface area contributed by atoms with Crippen LogP contribution in [0.25, 0.3) is 0 Å². The third-order valence-electron chi connectivity index (χ3n) is 3.72. The second-order valence-electron chi connectivity index (χ2n) is 5.62. The lowest BCUT2D eigenvalue weighted by Gasteiger charge is -2.15. The van der Waals surface area contributed by atoms with Crippen molar-refractivity contribution in [2.75, 3.05) is 6.61 Å². The number of rotatable bonds is 6. The Kier molecular flexibility index (Phi) is 6.30. The van der Waals surface area contributed by atoms with E-state index in [1.54, 1.807) is 31.2 Å². The largest absolute Gasteiger partial charge is 0.452 e. The van der Waals surface area contributed by atoms with Crippen LogP contribution in [0.5, 0.6) is 0 Å². The van der Waals surface area contributed by atoms with Crippen LogP contribution in [0.15, 0.2) is 42.5 Å². The number of halogens is 1. The molecule has 26 heavy (non-hydrogen) atoms. The predicted octanol–water partition coefficient (Wildman–Crippen LogP) is 3.59. The summed E-state index contributed by atoms with van der Waals surface area (Å²) in [5, 5.41) is 14.3. The number of ether oxygens (including phenoxy) is 1. The molecular weight excluding hydrogens is 360 g/mol. The van der Waals surface area contributed by atoms with E-state index in [2.05, 4.69) is 5.32 Å². The third-order valence-corrected chi connectivity index (χ3v) is 4.07. The van der Waals surface area contributed by atoms with E-state index in [1.165, 1.54) is 25.1 Å². The fourth-order valence-electron chi connectivity index (χ4n) is 2.46. The predicted molar refractivity (Wildman–Crippen MR) is 96.1 cm³/mol. The maximum absolute atomic E-state index is 12.1. The molecule has 0 aliphatic rings. The lowest BCUT2D eigenvalue weighted by Crippen LogP contribution is -2.31. The van der Waals surface area contributed by atoms with Crippen LogP contribution in [0, 0.1) is 17.0 Å². The molecule has 0 radical (unpaired) electrons. The SMILES string of the molecule is Cc1cccc(C(=O)OCC(=O)N[C@@H](C)c2ccccc2Cl)c1[N+](=O)[O-]. The number of nitro benzene ring substituents is 1. The van der Waals surface area contributed by atoms with Gasteiger partial charge < -0.3 is 10.1 Å². The van der Waals surface area contributed by atoms with Crippen molar-refractivity contribution >= 4 is 29.2 Å². The minimum absolute atomic E-state index is 0.193. The molecule has 2 rings (SSSR count). The van der Waals surface area contributed by atoms with E-state index in [0.29, 0.717) is 10.6 Å². The number of carbonyl (C=O) groups is 2. The van der Waals surface area contributed by atoms with Crippen molar-refractivity contribution in [3.63, 3.8) is 0 Å². The molecule has 0 aromatic heterocycles. The molecule has 1 atom stereocenters. The number of esters is 1. The number of carbonyl (C=O) groups excluding carboxylic acids is 2. The van der Waals surface area contributed by atoms with Gasteiger partial charge in [-0.1, -0.05) is 41.9 Å². The van der Waals surface area contributed by atoms with Crippen LogP contribution in [0.2, 0.25) is 5.02 Å². The average molecular weight is 377 g/mol. The van der Waals surface area contributed by atoms with Gasteiger partial charge >= 0.3 is 5.97 Å². The molecule has 0 saturated carbocycles. The van der Waals surface area contributed by atoms with E-state index in [4.69, 9.17) is 16.3 Å². The number of amides is 1. The molecular formula is C18H17ClN2O5. The van der Waals surface area contributed by atoms with Crippen molar-refractivity contribution in [2.24, 2.45) is 0 Å². The summed E-state index contributed by atoms with van der Waals surface area (Å²) in [6, 6.07) is 11.0. The van der Waals surface area contributed by atoms with Crippen LogP contribution < -0.4 is 5.32 Å². The van der Waals surface area contributed by atoms with Crippen LogP contribution in [0.4, 0.5) is 5.69 Å². The Hall–Kier alpha value is -2.93. The molecule has 0 aliphatic heterocycles. The van der Waals surface area contributed by atoms with Crippen LogP contribution in [0.3, 0.4) is 0 Å². The van der Waals surface area contributed by atoms with Crippen molar-refractivity contribution in [1.29, 1.82) is 0 Å². The first-order valence-electron chi connectivity index (χ1n) is 7.76. The van der Waals surface area contributed by atoms with Crippen molar-refractivity contribution in [3.8, 4) is 0 Å². The summed E-state index contributed by atoms with van der Waals surface area (Å²) in [7, 11) is 0. The topological polar surface area (TPSA) is 98.5 Å². The Bertz CT molecular complexity index is 853. The molecule has 1 N–H and O–H groups in total. The van der Waals surface area contributed by atoms with Gasteiger partial charge in [0.2, 0.25) is 0 Å². The summed E-state index contributed by atoms with van der Waals surface area (Å²) in [5.41, 5.74) is 0.536. The van der Waals surface area contributed by atoms with Gasteiger partial charge in [-0.25, -0.2) is 4.79 Å². The van der Waals surface area contributed by atoms with E-state index < -0.39 is 23.4 Å². The summed E-state index contributed by atoms with van der Waals surface area (Å²) in [6.45, 7) is 2.71. The summed E-state index contributed by atoms with van der Waals surface area (Å²) < 4.78 is 4.91. The molecule has 136 valence electrons. The quantitative estimate of drug-likeness (QED) is 0.472. The molecule has 0 unspecified atom stereocenters. The maximum Gasteiger partial charge on any atom is 0.345 e. The van der Waals surface area contributed by atoms with Crippen LogP contribution in [-0.2, 0) is 9.53 Å². The third kappa shape index (κ3) is 4.58. The number of hydrogen-bond acceptors (Lipinski definition) is 5. The Morgan fingerprint density at radius 3 is 2.58 bits per heavy atom. The van der Waals surface area contributed by atoms with Gasteiger partial charge in [-0.05, 0) is 31.5 Å². The van der Waals surface area contributed by atoms with E-state index in [0.717, 1.165) is 5.56 Å². The standard InChI is InChI=1S/C18H17ClN2O5/c1-11-6-5-8-14(17(11)21(24)25)18(23)26-10-16(22)20-12(2)13-7-3-4-9-15(13)19/h3-9,12H,10H2,1-2H3,(H,20,22)/t12-/m0/s1. The Morgan fingerprint density at radius 1 is 1.23 bits per heavy atom. The van der Waals surface area contributed by atoms with Gasteiger partial charge in [0.25, 0.3) is 11.6 Å². The van der Waals surface area contributed by atoms with Crippen molar-refractivity contribution in [1.82, 2.24) is 5.32 Å². The molecule has 2 aromatic carbocycles. The first-order valence-corrected chi connectivity index (χ1v) is 8.14. The number of benzene rings is 2. The van der Waals surface area contributed by atoms with Crippen LogP contribution in [0.1, 0.15) is 34.5 Å². The Morgan fingerprint density at radius 2 is 1.92 bits per heavy atom. The normalized spacial score (nSPS) is 11.5. The highest BCUT2D eigenvalue weighted by molar-refractivity contribution is 6.31. The number of hydrogen-bond donors (Lipinski definition) is 1. The average Bonchev–Trinajstić information content (AvgIpc) is 2.59. The molecule has 8 heteroatoms. The van der Waals surface area contributed by atoms with Gasteiger partial charge in [-0.3, -0.25) is 14.9 Å².